The molecule has 1 aromatic rings. The van der Waals surface area contributed by atoms with E-state index >= 15 is 0 Å². The molecule has 0 unspecified atom stereocenters. The Labute approximate surface area is 130 Å². The van der Waals surface area contributed by atoms with Crippen LogP contribution in [0, 0.1) is 12.3 Å². The average Bonchev–Trinajstić information content (AvgIpc) is 2.80. The quantitative estimate of drug-likeness (QED) is 0.924. The summed E-state index contributed by atoms with van der Waals surface area (Å²) in [7, 11) is -3.75. The normalized spacial score (nSPS) is 18.8. The van der Waals surface area contributed by atoms with Gasteiger partial charge in [-0.2, -0.15) is 0 Å². The Morgan fingerprint density at radius 3 is 2.43 bits per heavy atom. The molecule has 2 heterocycles. The highest BCUT2D eigenvalue weighted by molar-refractivity contribution is 7.91. The molecule has 1 saturated heterocycles. The minimum Gasteiger partial charge on any atom is -0.339 e. The van der Waals surface area contributed by atoms with Crippen LogP contribution >= 0.6 is 11.3 Å². The molecule has 1 aromatic heterocycles. The summed E-state index contributed by atoms with van der Waals surface area (Å²) >= 11 is 1.02. The number of hydrogen-bond acceptors (Lipinski definition) is 4. The van der Waals surface area contributed by atoms with Crippen LogP contribution in [0.3, 0.4) is 0 Å². The number of nitrogens with zero attached hydrogens (tertiary/aromatic N) is 1. The van der Waals surface area contributed by atoms with Crippen molar-refractivity contribution in [3.8, 4) is 0 Å². The van der Waals surface area contributed by atoms with E-state index < -0.39 is 10.0 Å². The molecule has 0 radical (unpaired) electrons. The van der Waals surface area contributed by atoms with Crippen molar-refractivity contribution in [2.45, 2.75) is 44.2 Å². The molecule has 118 valence electrons. The highest BCUT2D eigenvalue weighted by atomic mass is 32.2. The third kappa shape index (κ3) is 3.30. The van der Waals surface area contributed by atoms with E-state index in [1.54, 1.807) is 12.3 Å². The minimum absolute atomic E-state index is 0.0845. The molecule has 0 spiro atoms. The van der Waals surface area contributed by atoms with Gasteiger partial charge in [0.05, 0.1) is 5.56 Å². The first-order valence-electron chi connectivity index (χ1n) is 7.08. The first kappa shape index (κ1) is 16.5. The number of carbonyl (C=O) groups is 1. The molecule has 1 amide bonds. The summed E-state index contributed by atoms with van der Waals surface area (Å²) in [4.78, 5) is 14.4. The van der Waals surface area contributed by atoms with E-state index in [4.69, 9.17) is 5.14 Å². The van der Waals surface area contributed by atoms with Gasteiger partial charge in [-0.15, -0.1) is 11.3 Å². The lowest BCUT2D eigenvalue weighted by molar-refractivity contribution is 0.0600. The van der Waals surface area contributed by atoms with Gasteiger partial charge in [0.15, 0.2) is 0 Å². The zero-order valence-corrected chi connectivity index (χ0v) is 14.3. The molecule has 2 rings (SSSR count). The van der Waals surface area contributed by atoms with Gasteiger partial charge in [0, 0.05) is 18.5 Å². The van der Waals surface area contributed by atoms with Gasteiger partial charge in [0.1, 0.15) is 4.21 Å². The first-order valence-corrected chi connectivity index (χ1v) is 9.51. The maximum absolute atomic E-state index is 12.6. The van der Waals surface area contributed by atoms with Crippen LogP contribution in [-0.4, -0.2) is 32.3 Å². The van der Waals surface area contributed by atoms with Crippen LogP contribution < -0.4 is 5.14 Å². The molecule has 0 saturated carbocycles. The fourth-order valence-electron chi connectivity index (χ4n) is 2.66. The number of nitrogens with two attached hydrogens (primary N) is 1. The Kier molecular flexibility index (Phi) is 4.46. The summed E-state index contributed by atoms with van der Waals surface area (Å²) < 4.78 is 23.0. The summed E-state index contributed by atoms with van der Waals surface area (Å²) in [5.74, 6) is -0.0863. The van der Waals surface area contributed by atoms with Gasteiger partial charge in [-0.3, -0.25) is 4.79 Å². The lowest BCUT2D eigenvalue weighted by Crippen LogP contribution is -2.42. The van der Waals surface area contributed by atoms with Crippen LogP contribution in [0.2, 0.25) is 0 Å². The van der Waals surface area contributed by atoms with E-state index in [2.05, 4.69) is 13.8 Å². The summed E-state index contributed by atoms with van der Waals surface area (Å²) in [5, 5.41) is 6.76. The van der Waals surface area contributed by atoms with Crippen LogP contribution in [0.4, 0.5) is 0 Å². The SMILES string of the molecule is CCC1(C)CCN(C(=O)c2csc(S(N)(=O)=O)c2C)CC1. The van der Waals surface area contributed by atoms with Gasteiger partial charge in [-0.05, 0) is 30.7 Å². The molecule has 2 N–H and O–H groups in total. The number of thiophene rings is 1. The predicted molar refractivity (Wildman–Crippen MR) is 84.0 cm³/mol. The van der Waals surface area contributed by atoms with Gasteiger partial charge in [-0.25, -0.2) is 13.6 Å². The van der Waals surface area contributed by atoms with E-state index in [0.717, 1.165) is 43.7 Å². The van der Waals surface area contributed by atoms with Crippen LogP contribution in [0.25, 0.3) is 0 Å². The molecular formula is C14H22N2O3S2. The van der Waals surface area contributed by atoms with Crippen molar-refractivity contribution in [1.82, 2.24) is 4.90 Å². The van der Waals surface area contributed by atoms with Gasteiger partial charge in [0.25, 0.3) is 5.91 Å². The van der Waals surface area contributed by atoms with Crippen LogP contribution in [0.15, 0.2) is 9.59 Å². The van der Waals surface area contributed by atoms with Crippen molar-refractivity contribution in [3.63, 3.8) is 0 Å². The molecule has 1 aliphatic rings. The minimum atomic E-state index is -3.75. The Bertz CT molecular complexity index is 641. The first-order chi connectivity index (χ1) is 9.68. The Balaban J connectivity index is 2.18. The summed E-state index contributed by atoms with van der Waals surface area (Å²) in [6.45, 7) is 7.53. The summed E-state index contributed by atoms with van der Waals surface area (Å²) in [5.41, 5.74) is 1.24. The second-order valence-corrected chi connectivity index (χ2v) is 8.70. The summed E-state index contributed by atoms with van der Waals surface area (Å²) in [6, 6.07) is 0. The molecule has 0 bridgehead atoms. The van der Waals surface area contributed by atoms with Crippen molar-refractivity contribution in [3.05, 3.63) is 16.5 Å². The van der Waals surface area contributed by atoms with E-state index in [1.165, 1.54) is 0 Å². The number of primary sulfonamides is 1. The molecule has 1 aliphatic heterocycles. The number of sulfonamides is 1. The number of rotatable bonds is 3. The fourth-order valence-corrected chi connectivity index (χ4v) is 4.67. The maximum atomic E-state index is 12.6. The highest BCUT2D eigenvalue weighted by Crippen LogP contribution is 2.35. The Morgan fingerprint density at radius 2 is 2.00 bits per heavy atom. The monoisotopic (exact) mass is 330 g/mol. The zero-order chi connectivity index (χ0) is 15.8. The number of hydrogen-bond donors (Lipinski definition) is 1. The van der Waals surface area contributed by atoms with Crippen molar-refractivity contribution < 1.29 is 13.2 Å². The van der Waals surface area contributed by atoms with Gasteiger partial charge in [-0.1, -0.05) is 20.3 Å². The van der Waals surface area contributed by atoms with Crippen molar-refractivity contribution in [2.24, 2.45) is 10.6 Å². The fraction of sp³-hybridized carbons (Fsp3) is 0.643. The Hall–Kier alpha value is -0.920. The predicted octanol–water partition coefficient (Wildman–Crippen LogP) is 2.36. The molecule has 21 heavy (non-hydrogen) atoms. The lowest BCUT2D eigenvalue weighted by Gasteiger charge is -2.38. The van der Waals surface area contributed by atoms with Gasteiger partial charge < -0.3 is 4.90 Å². The molecular weight excluding hydrogens is 308 g/mol. The zero-order valence-electron chi connectivity index (χ0n) is 12.7. The highest BCUT2D eigenvalue weighted by Gasteiger charge is 2.32. The third-order valence-corrected chi connectivity index (χ3v) is 7.28. The van der Waals surface area contributed by atoms with E-state index in [0.29, 0.717) is 16.5 Å². The van der Waals surface area contributed by atoms with Crippen LogP contribution in [0.5, 0.6) is 0 Å². The van der Waals surface area contributed by atoms with Crippen molar-refractivity contribution in [2.75, 3.05) is 13.1 Å². The topological polar surface area (TPSA) is 80.5 Å². The largest absolute Gasteiger partial charge is 0.339 e. The second-order valence-electron chi connectivity index (χ2n) is 6.06. The maximum Gasteiger partial charge on any atom is 0.255 e. The lowest BCUT2D eigenvalue weighted by atomic mass is 9.78. The van der Waals surface area contributed by atoms with E-state index in [9.17, 15) is 13.2 Å². The van der Waals surface area contributed by atoms with Crippen LogP contribution in [-0.2, 0) is 10.0 Å². The van der Waals surface area contributed by atoms with Gasteiger partial charge in [0.2, 0.25) is 10.0 Å². The second kappa shape index (κ2) is 5.70. The van der Waals surface area contributed by atoms with Crippen molar-refractivity contribution >= 4 is 27.3 Å². The van der Waals surface area contributed by atoms with Crippen molar-refractivity contribution in [1.29, 1.82) is 0 Å². The van der Waals surface area contributed by atoms with Gasteiger partial charge >= 0.3 is 0 Å². The average molecular weight is 330 g/mol. The smallest absolute Gasteiger partial charge is 0.255 e. The standard InChI is InChI=1S/C14H22N2O3S2/c1-4-14(3)5-7-16(8-6-14)12(17)11-9-20-13(10(11)2)21(15,18)19/h9H,4-8H2,1-3H3,(H2,15,18,19). The molecule has 1 fully saturated rings. The van der Waals surface area contributed by atoms with Crippen LogP contribution in [0.1, 0.15) is 49.0 Å². The third-order valence-electron chi connectivity index (χ3n) is 4.59. The number of likely N-dealkylation sites (tertiary alicyclic amines) is 1. The van der Waals surface area contributed by atoms with E-state index in [-0.39, 0.29) is 10.1 Å². The molecule has 7 heteroatoms. The molecule has 0 atom stereocenters. The summed E-state index contributed by atoms with van der Waals surface area (Å²) in [6.07, 6.45) is 3.09. The Morgan fingerprint density at radius 1 is 1.43 bits per heavy atom. The number of piperidine rings is 1. The number of amides is 1. The molecule has 0 aliphatic carbocycles. The molecule has 0 aromatic carbocycles. The number of carbonyl (C=O) groups excluding carboxylic acids is 1. The van der Waals surface area contributed by atoms with E-state index in [1.807, 2.05) is 4.90 Å². The molecule has 5 nitrogen and oxygen atoms in total.